The minimum absolute atomic E-state index is 0.0713. The molecule has 0 saturated carbocycles. The van der Waals surface area contributed by atoms with E-state index in [1.54, 1.807) is 30.4 Å². The van der Waals surface area contributed by atoms with E-state index in [0.717, 1.165) is 5.69 Å². The van der Waals surface area contributed by atoms with Gasteiger partial charge in [-0.1, -0.05) is 36.4 Å². The van der Waals surface area contributed by atoms with Gasteiger partial charge in [-0.15, -0.1) is 0 Å². The van der Waals surface area contributed by atoms with Gasteiger partial charge in [-0.2, -0.15) is 0 Å². The molecular weight excluding hydrogens is 336 g/mol. The zero-order valence-electron chi connectivity index (χ0n) is 13.9. The maximum absolute atomic E-state index is 14.4. The molecule has 2 aliphatic rings. The van der Waals surface area contributed by atoms with Crippen LogP contribution in [0.2, 0.25) is 0 Å². The second-order valence-electron chi connectivity index (χ2n) is 6.22. The number of aliphatic carboxylic acids is 1. The van der Waals surface area contributed by atoms with Crippen molar-refractivity contribution in [1.29, 1.82) is 0 Å². The molecule has 0 saturated heterocycles. The zero-order valence-corrected chi connectivity index (χ0v) is 13.9. The summed E-state index contributed by atoms with van der Waals surface area (Å²) in [6, 6.07) is 10.8. The number of hydrogen-bond donors (Lipinski definition) is 1. The van der Waals surface area contributed by atoms with Crippen LogP contribution in [0.4, 0.5) is 14.5 Å². The molecule has 1 unspecified atom stereocenters. The van der Waals surface area contributed by atoms with Gasteiger partial charge in [0.2, 0.25) is 0 Å². The lowest BCUT2D eigenvalue weighted by Crippen LogP contribution is -2.29. The summed E-state index contributed by atoms with van der Waals surface area (Å²) < 4.78 is 28.9. The van der Waals surface area contributed by atoms with Gasteiger partial charge < -0.3 is 10.0 Å². The van der Waals surface area contributed by atoms with Crippen molar-refractivity contribution in [3.63, 3.8) is 0 Å². The van der Waals surface area contributed by atoms with E-state index < -0.39 is 23.5 Å². The highest BCUT2D eigenvalue weighted by atomic mass is 19.1. The molecule has 1 heterocycles. The number of allylic oxidation sites excluding steroid dienone is 4. The lowest BCUT2D eigenvalue weighted by atomic mass is 9.78. The highest BCUT2D eigenvalue weighted by Gasteiger charge is 2.36. The Bertz CT molecular complexity index is 1000. The first-order valence-corrected chi connectivity index (χ1v) is 8.14. The highest BCUT2D eigenvalue weighted by molar-refractivity contribution is 6.20. The lowest BCUT2D eigenvalue weighted by molar-refractivity contribution is -0.130. The van der Waals surface area contributed by atoms with Crippen molar-refractivity contribution in [3.05, 3.63) is 94.7 Å². The monoisotopic (exact) mass is 351 g/mol. The van der Waals surface area contributed by atoms with E-state index in [2.05, 4.69) is 0 Å². The molecule has 5 heteroatoms. The van der Waals surface area contributed by atoms with Crippen LogP contribution in [-0.4, -0.2) is 18.1 Å². The number of benzene rings is 2. The SMILES string of the molecule is CN1C2=CC=CC(c3c(F)cccc3F)C2=C(C(=O)O)c2ccccc21. The zero-order chi connectivity index (χ0) is 18.4. The Morgan fingerprint density at radius 3 is 2.46 bits per heavy atom. The molecule has 0 fully saturated rings. The van der Waals surface area contributed by atoms with Crippen LogP contribution in [0, 0.1) is 11.6 Å². The minimum Gasteiger partial charge on any atom is -0.478 e. The van der Waals surface area contributed by atoms with Crippen molar-refractivity contribution in [2.24, 2.45) is 0 Å². The van der Waals surface area contributed by atoms with Crippen LogP contribution >= 0.6 is 0 Å². The van der Waals surface area contributed by atoms with Gasteiger partial charge in [-0.25, -0.2) is 13.6 Å². The van der Waals surface area contributed by atoms with Crippen molar-refractivity contribution in [2.45, 2.75) is 5.92 Å². The molecule has 2 aromatic rings. The molecule has 1 aliphatic carbocycles. The number of carboxylic acids is 1. The van der Waals surface area contributed by atoms with E-state index >= 15 is 0 Å². The van der Waals surface area contributed by atoms with Crippen LogP contribution in [-0.2, 0) is 4.79 Å². The number of carbonyl (C=O) groups is 1. The second kappa shape index (κ2) is 5.95. The van der Waals surface area contributed by atoms with Crippen LogP contribution in [0.25, 0.3) is 5.57 Å². The van der Waals surface area contributed by atoms with Crippen LogP contribution in [0.1, 0.15) is 17.0 Å². The Balaban J connectivity index is 2.06. The molecule has 1 aliphatic heterocycles. The summed E-state index contributed by atoms with van der Waals surface area (Å²) in [7, 11) is 1.82. The van der Waals surface area contributed by atoms with Gasteiger partial charge >= 0.3 is 5.97 Å². The van der Waals surface area contributed by atoms with Gasteiger partial charge in [0.15, 0.2) is 0 Å². The molecule has 1 N–H and O–H groups in total. The number of halogens is 2. The van der Waals surface area contributed by atoms with Crippen molar-refractivity contribution < 1.29 is 18.7 Å². The van der Waals surface area contributed by atoms with Gasteiger partial charge in [0, 0.05) is 41.1 Å². The highest BCUT2D eigenvalue weighted by Crippen LogP contribution is 2.47. The third kappa shape index (κ3) is 2.28. The molecule has 0 spiro atoms. The lowest BCUT2D eigenvalue weighted by Gasteiger charge is -2.37. The molecule has 0 radical (unpaired) electrons. The molecule has 130 valence electrons. The number of likely N-dealkylation sites (N-methyl/N-ethyl adjacent to an activating group) is 1. The molecule has 2 aromatic carbocycles. The second-order valence-corrected chi connectivity index (χ2v) is 6.22. The predicted molar refractivity (Wildman–Crippen MR) is 95.7 cm³/mol. The molecule has 0 aromatic heterocycles. The van der Waals surface area contributed by atoms with Gasteiger partial charge in [-0.3, -0.25) is 0 Å². The third-order valence-electron chi connectivity index (χ3n) is 4.83. The summed E-state index contributed by atoms with van der Waals surface area (Å²) in [6.45, 7) is 0. The number of para-hydroxylation sites is 1. The van der Waals surface area contributed by atoms with E-state index in [1.165, 1.54) is 18.2 Å². The maximum Gasteiger partial charge on any atom is 0.336 e. The number of anilines is 1. The molecule has 26 heavy (non-hydrogen) atoms. The minimum atomic E-state index is -1.12. The van der Waals surface area contributed by atoms with Crippen molar-refractivity contribution in [2.75, 3.05) is 11.9 Å². The average molecular weight is 351 g/mol. The van der Waals surface area contributed by atoms with Crippen LogP contribution < -0.4 is 4.90 Å². The molecule has 1 atom stereocenters. The van der Waals surface area contributed by atoms with Crippen LogP contribution in [0.15, 0.2) is 72.0 Å². The molecule has 0 amide bonds. The molecular formula is C21H15F2NO2. The number of nitrogens with zero attached hydrogens (tertiary/aromatic N) is 1. The Kier molecular flexibility index (Phi) is 3.72. The first-order chi connectivity index (χ1) is 12.5. The average Bonchev–Trinajstić information content (AvgIpc) is 2.62. The first-order valence-electron chi connectivity index (χ1n) is 8.14. The smallest absolute Gasteiger partial charge is 0.336 e. The molecule has 0 bridgehead atoms. The predicted octanol–water partition coefficient (Wildman–Crippen LogP) is 4.49. The Morgan fingerprint density at radius 1 is 1.08 bits per heavy atom. The van der Waals surface area contributed by atoms with E-state index in [1.807, 2.05) is 24.1 Å². The molecule has 3 nitrogen and oxygen atoms in total. The van der Waals surface area contributed by atoms with E-state index in [4.69, 9.17) is 0 Å². The summed E-state index contributed by atoms with van der Waals surface area (Å²) in [5, 5.41) is 9.90. The Morgan fingerprint density at radius 2 is 1.77 bits per heavy atom. The number of fused-ring (bicyclic) bond motifs is 2. The first kappa shape index (κ1) is 16.3. The largest absolute Gasteiger partial charge is 0.478 e. The van der Waals surface area contributed by atoms with Crippen molar-refractivity contribution in [3.8, 4) is 0 Å². The summed E-state index contributed by atoms with van der Waals surface area (Å²) in [4.78, 5) is 14.0. The Labute approximate surface area is 149 Å². The summed E-state index contributed by atoms with van der Waals surface area (Å²) in [5.74, 6) is -3.33. The van der Waals surface area contributed by atoms with Gasteiger partial charge in [0.25, 0.3) is 0 Å². The standard InChI is InChI=1S/C21H15F2NO2/c1-24-16-10-3-2-6-12(16)20(21(25)26)19-13(7-4-11-17(19)24)18-14(22)8-5-9-15(18)23/h2-11,13H,1H3,(H,25,26). The summed E-state index contributed by atoms with van der Waals surface area (Å²) in [5.41, 5.74) is 2.22. The quantitative estimate of drug-likeness (QED) is 0.867. The van der Waals surface area contributed by atoms with Crippen molar-refractivity contribution in [1.82, 2.24) is 0 Å². The number of carboxylic acid groups (broad SMARTS) is 1. The Hall–Kier alpha value is -3.21. The van der Waals surface area contributed by atoms with Crippen LogP contribution in [0.5, 0.6) is 0 Å². The number of rotatable bonds is 2. The fourth-order valence-corrected chi connectivity index (χ4v) is 3.71. The fraction of sp³-hybridized carbons (Fsp3) is 0.0952. The summed E-state index contributed by atoms with van der Waals surface area (Å²) in [6.07, 6.45) is 5.10. The van der Waals surface area contributed by atoms with E-state index in [0.29, 0.717) is 16.8 Å². The topological polar surface area (TPSA) is 40.5 Å². The van der Waals surface area contributed by atoms with E-state index in [9.17, 15) is 18.7 Å². The summed E-state index contributed by atoms with van der Waals surface area (Å²) >= 11 is 0. The van der Waals surface area contributed by atoms with E-state index in [-0.39, 0.29) is 11.1 Å². The number of hydrogen-bond acceptors (Lipinski definition) is 2. The molecule has 4 rings (SSSR count). The fourth-order valence-electron chi connectivity index (χ4n) is 3.71. The van der Waals surface area contributed by atoms with Gasteiger partial charge in [-0.05, 0) is 24.3 Å². The maximum atomic E-state index is 14.4. The van der Waals surface area contributed by atoms with Gasteiger partial charge in [0.05, 0.1) is 5.57 Å². The van der Waals surface area contributed by atoms with Gasteiger partial charge in [0.1, 0.15) is 11.6 Å². The normalized spacial score (nSPS) is 18.3. The van der Waals surface area contributed by atoms with Crippen molar-refractivity contribution >= 4 is 17.2 Å². The third-order valence-corrected chi connectivity index (χ3v) is 4.83. The van der Waals surface area contributed by atoms with Crippen LogP contribution in [0.3, 0.4) is 0 Å².